The topological polar surface area (TPSA) is 12.0 Å². The van der Waals surface area contributed by atoms with Crippen LogP contribution in [-0.2, 0) is 0 Å². The fraction of sp³-hybridized carbons (Fsp3) is 1.00. The van der Waals surface area contributed by atoms with Crippen molar-refractivity contribution in [1.29, 1.82) is 0 Å². The van der Waals surface area contributed by atoms with Crippen molar-refractivity contribution < 1.29 is 0 Å². The summed E-state index contributed by atoms with van der Waals surface area (Å²) in [5.41, 5.74) is 0.862. The van der Waals surface area contributed by atoms with Gasteiger partial charge in [-0.2, -0.15) is 0 Å². The summed E-state index contributed by atoms with van der Waals surface area (Å²) >= 11 is 0. The van der Waals surface area contributed by atoms with E-state index in [1.54, 1.807) is 25.7 Å². The van der Waals surface area contributed by atoms with Crippen LogP contribution in [0.25, 0.3) is 0 Å². The second-order valence-electron chi connectivity index (χ2n) is 5.27. The minimum Gasteiger partial charge on any atom is -0.316 e. The van der Waals surface area contributed by atoms with E-state index in [2.05, 4.69) is 5.32 Å². The number of rotatable bonds is 0. The van der Waals surface area contributed by atoms with Crippen LogP contribution in [0.3, 0.4) is 0 Å². The molecule has 2 saturated carbocycles. The van der Waals surface area contributed by atoms with Gasteiger partial charge in [-0.05, 0) is 62.4 Å². The number of piperidine rings is 1. The Hall–Kier alpha value is -0.0400. The monoisotopic (exact) mass is 165 g/mol. The van der Waals surface area contributed by atoms with Crippen molar-refractivity contribution in [2.24, 2.45) is 17.3 Å². The standard InChI is InChI=1S/C11H19N/c1-3-11(4-1)6-9-2-5-12-8-10(9)7-11/h9-10,12H,1-8H2. The van der Waals surface area contributed by atoms with Gasteiger partial charge in [0, 0.05) is 0 Å². The minimum absolute atomic E-state index is 0.862. The van der Waals surface area contributed by atoms with E-state index in [-0.39, 0.29) is 0 Å². The highest BCUT2D eigenvalue weighted by molar-refractivity contribution is 5.00. The van der Waals surface area contributed by atoms with Crippen LogP contribution in [0.5, 0.6) is 0 Å². The molecule has 3 fully saturated rings. The molecule has 1 spiro atoms. The quantitative estimate of drug-likeness (QED) is 0.580. The summed E-state index contributed by atoms with van der Waals surface area (Å²) < 4.78 is 0. The molecule has 2 unspecified atom stereocenters. The van der Waals surface area contributed by atoms with Gasteiger partial charge in [0.25, 0.3) is 0 Å². The Kier molecular flexibility index (Phi) is 1.52. The first kappa shape index (κ1) is 7.37. The Balaban J connectivity index is 1.74. The lowest BCUT2D eigenvalue weighted by molar-refractivity contribution is 0.134. The molecule has 0 aromatic carbocycles. The normalized spacial score (nSPS) is 44.0. The van der Waals surface area contributed by atoms with Crippen LogP contribution >= 0.6 is 0 Å². The zero-order valence-electron chi connectivity index (χ0n) is 7.81. The van der Waals surface area contributed by atoms with Crippen molar-refractivity contribution in [3.05, 3.63) is 0 Å². The molecule has 3 aliphatic rings. The number of nitrogens with one attached hydrogen (secondary N) is 1. The molecule has 0 amide bonds. The van der Waals surface area contributed by atoms with Crippen molar-refractivity contribution >= 4 is 0 Å². The van der Waals surface area contributed by atoms with E-state index in [1.165, 1.54) is 25.9 Å². The molecule has 12 heavy (non-hydrogen) atoms. The Morgan fingerprint density at radius 1 is 1.08 bits per heavy atom. The van der Waals surface area contributed by atoms with Gasteiger partial charge >= 0.3 is 0 Å². The SMILES string of the molecule is C1CC2(C1)CC1CCNCC1C2. The van der Waals surface area contributed by atoms with Crippen LogP contribution < -0.4 is 5.32 Å². The van der Waals surface area contributed by atoms with Crippen molar-refractivity contribution in [3.8, 4) is 0 Å². The molecule has 2 aliphatic carbocycles. The summed E-state index contributed by atoms with van der Waals surface area (Å²) in [6.45, 7) is 2.61. The lowest BCUT2D eigenvalue weighted by Crippen LogP contribution is -2.33. The van der Waals surface area contributed by atoms with Gasteiger partial charge in [0.15, 0.2) is 0 Å². The fourth-order valence-electron chi connectivity index (χ4n) is 3.77. The molecule has 1 heteroatoms. The second-order valence-corrected chi connectivity index (χ2v) is 5.27. The van der Waals surface area contributed by atoms with Gasteiger partial charge in [0.2, 0.25) is 0 Å². The summed E-state index contributed by atoms with van der Waals surface area (Å²) in [6.07, 6.45) is 9.24. The maximum absolute atomic E-state index is 3.54. The highest BCUT2D eigenvalue weighted by Crippen LogP contribution is 2.58. The summed E-state index contributed by atoms with van der Waals surface area (Å²) in [6, 6.07) is 0. The third-order valence-electron chi connectivity index (χ3n) is 4.57. The van der Waals surface area contributed by atoms with Gasteiger partial charge in [-0.15, -0.1) is 0 Å². The molecule has 1 heterocycles. The fourth-order valence-corrected chi connectivity index (χ4v) is 3.77. The van der Waals surface area contributed by atoms with Crippen LogP contribution in [0.4, 0.5) is 0 Å². The zero-order chi connectivity index (χ0) is 8.02. The van der Waals surface area contributed by atoms with E-state index in [0.717, 1.165) is 17.3 Å². The molecule has 1 nitrogen and oxygen atoms in total. The molecule has 68 valence electrons. The minimum atomic E-state index is 0.862. The molecule has 3 rings (SSSR count). The van der Waals surface area contributed by atoms with E-state index in [0.29, 0.717) is 0 Å². The summed E-state index contributed by atoms with van der Waals surface area (Å²) in [5.74, 6) is 2.16. The first-order chi connectivity index (χ1) is 5.88. The molecular formula is C11H19N. The third-order valence-corrected chi connectivity index (χ3v) is 4.57. The maximum Gasteiger partial charge on any atom is -0.00176 e. The molecule has 1 saturated heterocycles. The van der Waals surface area contributed by atoms with Crippen molar-refractivity contribution in [1.82, 2.24) is 5.32 Å². The van der Waals surface area contributed by atoms with Crippen LogP contribution in [0, 0.1) is 17.3 Å². The van der Waals surface area contributed by atoms with Crippen LogP contribution in [0.1, 0.15) is 38.5 Å². The zero-order valence-corrected chi connectivity index (χ0v) is 7.81. The molecule has 1 aliphatic heterocycles. The highest BCUT2D eigenvalue weighted by atomic mass is 14.9. The first-order valence-corrected chi connectivity index (χ1v) is 5.59. The van der Waals surface area contributed by atoms with E-state index in [1.807, 2.05) is 0 Å². The lowest BCUT2D eigenvalue weighted by atomic mass is 9.67. The van der Waals surface area contributed by atoms with E-state index >= 15 is 0 Å². The van der Waals surface area contributed by atoms with E-state index in [9.17, 15) is 0 Å². The maximum atomic E-state index is 3.54. The van der Waals surface area contributed by atoms with E-state index < -0.39 is 0 Å². The Morgan fingerprint density at radius 2 is 1.92 bits per heavy atom. The van der Waals surface area contributed by atoms with E-state index in [4.69, 9.17) is 0 Å². The van der Waals surface area contributed by atoms with Crippen molar-refractivity contribution in [2.75, 3.05) is 13.1 Å². The molecule has 0 bridgehead atoms. The predicted octanol–water partition coefficient (Wildman–Crippen LogP) is 2.18. The van der Waals surface area contributed by atoms with Crippen LogP contribution in [0.2, 0.25) is 0 Å². The second kappa shape index (κ2) is 2.47. The van der Waals surface area contributed by atoms with Gasteiger partial charge in [0.1, 0.15) is 0 Å². The molecule has 0 radical (unpaired) electrons. The Labute approximate surface area is 74.9 Å². The smallest absolute Gasteiger partial charge is 0.00176 e. The molecule has 0 aromatic rings. The number of hydrogen-bond donors (Lipinski definition) is 1. The summed E-state index contributed by atoms with van der Waals surface area (Å²) in [4.78, 5) is 0. The van der Waals surface area contributed by atoms with Gasteiger partial charge in [-0.25, -0.2) is 0 Å². The van der Waals surface area contributed by atoms with Gasteiger partial charge in [-0.3, -0.25) is 0 Å². The summed E-state index contributed by atoms with van der Waals surface area (Å²) in [5, 5.41) is 3.54. The molecule has 2 atom stereocenters. The van der Waals surface area contributed by atoms with Gasteiger partial charge in [-0.1, -0.05) is 6.42 Å². The largest absolute Gasteiger partial charge is 0.316 e. The predicted molar refractivity (Wildman–Crippen MR) is 50.0 cm³/mol. The van der Waals surface area contributed by atoms with Crippen molar-refractivity contribution in [3.63, 3.8) is 0 Å². The summed E-state index contributed by atoms with van der Waals surface area (Å²) in [7, 11) is 0. The molecule has 1 N–H and O–H groups in total. The third kappa shape index (κ3) is 0.953. The number of hydrogen-bond acceptors (Lipinski definition) is 1. The molecular weight excluding hydrogens is 146 g/mol. The van der Waals surface area contributed by atoms with Crippen molar-refractivity contribution in [2.45, 2.75) is 38.5 Å². The number of fused-ring (bicyclic) bond motifs is 1. The lowest BCUT2D eigenvalue weighted by Gasteiger charge is -2.38. The first-order valence-electron chi connectivity index (χ1n) is 5.59. The Bertz CT molecular complexity index is 167. The van der Waals surface area contributed by atoms with Crippen LogP contribution in [-0.4, -0.2) is 13.1 Å². The van der Waals surface area contributed by atoms with Crippen LogP contribution in [0.15, 0.2) is 0 Å². The Morgan fingerprint density at radius 3 is 2.58 bits per heavy atom. The average Bonchev–Trinajstić information content (AvgIpc) is 2.42. The van der Waals surface area contributed by atoms with Gasteiger partial charge in [0.05, 0.1) is 0 Å². The molecule has 0 aromatic heterocycles. The average molecular weight is 165 g/mol. The van der Waals surface area contributed by atoms with Gasteiger partial charge < -0.3 is 5.32 Å². The highest BCUT2D eigenvalue weighted by Gasteiger charge is 2.48.